The van der Waals surface area contributed by atoms with E-state index in [2.05, 4.69) is 20.9 Å². The predicted octanol–water partition coefficient (Wildman–Crippen LogP) is 0.856. The van der Waals surface area contributed by atoms with E-state index in [0.29, 0.717) is 0 Å². The highest BCUT2D eigenvalue weighted by molar-refractivity contribution is 7.90. The van der Waals surface area contributed by atoms with Crippen molar-refractivity contribution in [2.45, 2.75) is 6.18 Å². The van der Waals surface area contributed by atoms with Crippen LogP contribution in [0.4, 0.5) is 23.8 Å². The van der Waals surface area contributed by atoms with Crippen LogP contribution in [0.5, 0.6) is 0 Å². The van der Waals surface area contributed by atoms with Crippen LogP contribution in [0, 0.1) is 0 Å². The molecule has 0 spiro atoms. The third-order valence-electron chi connectivity index (χ3n) is 2.57. The van der Waals surface area contributed by atoms with E-state index in [1.54, 1.807) is 0 Å². The number of halogens is 3. The largest absolute Gasteiger partial charge is 0.419 e. The highest BCUT2D eigenvalue weighted by Gasteiger charge is 2.33. The Labute approximate surface area is 131 Å². The van der Waals surface area contributed by atoms with Gasteiger partial charge >= 0.3 is 12.2 Å². The molecule has 0 aliphatic heterocycles. The Morgan fingerprint density at radius 1 is 1.22 bits per heavy atom. The number of urea groups is 1. The molecule has 0 radical (unpaired) electrons. The van der Waals surface area contributed by atoms with E-state index < -0.39 is 27.6 Å². The van der Waals surface area contributed by atoms with Crippen LogP contribution in [-0.4, -0.2) is 51.1 Å². The standard InChI is InChI=1S/C12H17F3N4O3S/c1-23(21,22)8-7-19-11(20)18-6-5-17-10-9(12(13,14)15)3-2-4-16-10/h2-4H,5-8H2,1H3,(H,16,17)(H2,18,19,20). The first kappa shape index (κ1) is 19.0. The Morgan fingerprint density at radius 2 is 1.87 bits per heavy atom. The topological polar surface area (TPSA) is 100 Å². The first-order chi connectivity index (χ1) is 10.6. The fourth-order valence-electron chi connectivity index (χ4n) is 1.54. The molecule has 3 N–H and O–H groups in total. The van der Waals surface area contributed by atoms with Crippen molar-refractivity contribution in [3.8, 4) is 0 Å². The zero-order valence-corrected chi connectivity index (χ0v) is 13.1. The van der Waals surface area contributed by atoms with E-state index in [9.17, 15) is 26.4 Å². The lowest BCUT2D eigenvalue weighted by atomic mass is 10.2. The zero-order valence-electron chi connectivity index (χ0n) is 12.3. The third kappa shape index (κ3) is 7.68. The summed E-state index contributed by atoms with van der Waals surface area (Å²) in [6, 6.07) is 1.48. The van der Waals surface area contributed by atoms with Gasteiger partial charge in [-0.1, -0.05) is 0 Å². The van der Waals surface area contributed by atoms with Crippen molar-refractivity contribution >= 4 is 21.7 Å². The molecule has 0 aliphatic carbocycles. The summed E-state index contributed by atoms with van der Waals surface area (Å²) in [5, 5.41) is 7.19. The summed E-state index contributed by atoms with van der Waals surface area (Å²) < 4.78 is 59.9. The molecular formula is C12H17F3N4O3S. The Hall–Kier alpha value is -2.04. The van der Waals surface area contributed by atoms with Gasteiger partial charge in [-0.05, 0) is 12.1 Å². The Kier molecular flexibility index (Phi) is 6.61. The Morgan fingerprint density at radius 3 is 2.48 bits per heavy atom. The normalized spacial score (nSPS) is 11.8. The molecule has 0 aliphatic rings. The molecule has 0 saturated carbocycles. The van der Waals surface area contributed by atoms with Crippen molar-refractivity contribution in [3.63, 3.8) is 0 Å². The van der Waals surface area contributed by atoms with E-state index >= 15 is 0 Å². The van der Waals surface area contributed by atoms with Crippen LogP contribution in [0.25, 0.3) is 0 Å². The second kappa shape index (κ2) is 7.99. The summed E-state index contributed by atoms with van der Waals surface area (Å²) in [7, 11) is -3.17. The number of pyridine rings is 1. The number of anilines is 1. The Balaban J connectivity index is 2.34. The molecule has 0 unspecified atom stereocenters. The first-order valence-electron chi connectivity index (χ1n) is 6.55. The lowest BCUT2D eigenvalue weighted by Gasteiger charge is -2.13. The van der Waals surface area contributed by atoms with Gasteiger partial charge in [0, 0.05) is 32.1 Å². The molecule has 2 amide bonds. The van der Waals surface area contributed by atoms with Gasteiger partial charge in [0.05, 0.1) is 11.3 Å². The number of sulfone groups is 1. The van der Waals surface area contributed by atoms with Crippen molar-refractivity contribution < 1.29 is 26.4 Å². The van der Waals surface area contributed by atoms with Gasteiger partial charge in [0.25, 0.3) is 0 Å². The number of nitrogens with zero attached hydrogens (tertiary/aromatic N) is 1. The number of nitrogens with one attached hydrogen (secondary N) is 3. The summed E-state index contributed by atoms with van der Waals surface area (Å²) in [5.74, 6) is -0.513. The number of carbonyl (C=O) groups is 1. The molecule has 1 aromatic heterocycles. The van der Waals surface area contributed by atoms with Gasteiger partial charge in [-0.15, -0.1) is 0 Å². The van der Waals surface area contributed by atoms with Crippen LogP contribution < -0.4 is 16.0 Å². The van der Waals surface area contributed by atoms with Gasteiger partial charge in [0.1, 0.15) is 15.7 Å². The number of hydrogen-bond acceptors (Lipinski definition) is 5. The third-order valence-corrected chi connectivity index (χ3v) is 3.52. The molecule has 0 atom stereocenters. The van der Waals surface area contributed by atoms with Gasteiger partial charge < -0.3 is 16.0 Å². The van der Waals surface area contributed by atoms with Crippen molar-refractivity contribution in [1.82, 2.24) is 15.6 Å². The van der Waals surface area contributed by atoms with Crippen molar-refractivity contribution in [2.75, 3.05) is 37.0 Å². The Bertz CT molecular complexity index is 635. The SMILES string of the molecule is CS(=O)(=O)CCNC(=O)NCCNc1ncccc1C(F)(F)F. The molecular weight excluding hydrogens is 337 g/mol. The average Bonchev–Trinajstić information content (AvgIpc) is 2.41. The minimum absolute atomic E-state index is 0.0274. The second-order valence-corrected chi connectivity index (χ2v) is 6.90. The van der Waals surface area contributed by atoms with Crippen molar-refractivity contribution in [1.29, 1.82) is 0 Å². The first-order valence-corrected chi connectivity index (χ1v) is 8.61. The van der Waals surface area contributed by atoms with Gasteiger partial charge in [0.15, 0.2) is 0 Å². The lowest BCUT2D eigenvalue weighted by Crippen LogP contribution is -2.40. The predicted molar refractivity (Wildman–Crippen MR) is 78.8 cm³/mol. The van der Waals surface area contributed by atoms with Gasteiger partial charge in [0.2, 0.25) is 0 Å². The number of amides is 2. The monoisotopic (exact) mass is 354 g/mol. The zero-order chi connectivity index (χ0) is 17.5. The average molecular weight is 354 g/mol. The molecule has 0 bridgehead atoms. The van der Waals surface area contributed by atoms with Crippen LogP contribution in [0.3, 0.4) is 0 Å². The maximum Gasteiger partial charge on any atom is 0.419 e. The van der Waals surface area contributed by atoms with E-state index in [0.717, 1.165) is 12.3 Å². The van der Waals surface area contributed by atoms with E-state index in [1.807, 2.05) is 0 Å². The molecule has 7 nitrogen and oxygen atoms in total. The summed E-state index contributed by atoms with van der Waals surface area (Å²) in [5.41, 5.74) is -0.891. The number of carbonyl (C=O) groups excluding carboxylic acids is 1. The van der Waals surface area contributed by atoms with Crippen LogP contribution in [0.2, 0.25) is 0 Å². The van der Waals surface area contributed by atoms with Gasteiger partial charge in [-0.25, -0.2) is 18.2 Å². The molecule has 1 heterocycles. The number of aromatic nitrogens is 1. The van der Waals surface area contributed by atoms with Crippen LogP contribution in [0.1, 0.15) is 5.56 Å². The lowest BCUT2D eigenvalue weighted by molar-refractivity contribution is -0.137. The summed E-state index contributed by atoms with van der Waals surface area (Å²) in [4.78, 5) is 14.9. The van der Waals surface area contributed by atoms with E-state index in [-0.39, 0.29) is 31.2 Å². The van der Waals surface area contributed by atoms with Gasteiger partial charge in [-0.2, -0.15) is 13.2 Å². The fourth-order valence-corrected chi connectivity index (χ4v) is 2.02. The highest BCUT2D eigenvalue weighted by atomic mass is 32.2. The summed E-state index contributed by atoms with van der Waals surface area (Å²) >= 11 is 0. The molecule has 0 saturated heterocycles. The molecule has 0 aromatic carbocycles. The number of alkyl halides is 3. The summed E-state index contributed by atoms with van der Waals surface area (Å²) in [6.07, 6.45) is -2.25. The minimum atomic E-state index is -4.52. The summed E-state index contributed by atoms with van der Waals surface area (Å²) in [6.45, 7) is 0.0225. The smallest absolute Gasteiger partial charge is 0.368 e. The minimum Gasteiger partial charge on any atom is -0.368 e. The van der Waals surface area contributed by atoms with E-state index in [1.165, 1.54) is 12.3 Å². The molecule has 1 rings (SSSR count). The molecule has 130 valence electrons. The highest BCUT2D eigenvalue weighted by Crippen LogP contribution is 2.33. The molecule has 11 heteroatoms. The fraction of sp³-hybridized carbons (Fsp3) is 0.500. The maximum atomic E-state index is 12.7. The van der Waals surface area contributed by atoms with E-state index in [4.69, 9.17) is 0 Å². The molecule has 1 aromatic rings. The van der Waals surface area contributed by atoms with Crippen molar-refractivity contribution in [3.05, 3.63) is 23.9 Å². The molecule has 0 fully saturated rings. The molecule has 23 heavy (non-hydrogen) atoms. The second-order valence-electron chi connectivity index (χ2n) is 4.64. The van der Waals surface area contributed by atoms with Crippen LogP contribution in [0.15, 0.2) is 18.3 Å². The number of rotatable bonds is 7. The van der Waals surface area contributed by atoms with Crippen molar-refractivity contribution in [2.24, 2.45) is 0 Å². The van der Waals surface area contributed by atoms with Crippen LogP contribution >= 0.6 is 0 Å². The maximum absolute atomic E-state index is 12.7. The number of hydrogen-bond donors (Lipinski definition) is 3. The quantitative estimate of drug-likeness (QED) is 0.631. The van der Waals surface area contributed by atoms with Crippen LogP contribution in [-0.2, 0) is 16.0 Å². The van der Waals surface area contributed by atoms with Gasteiger partial charge in [-0.3, -0.25) is 0 Å².